The summed E-state index contributed by atoms with van der Waals surface area (Å²) in [7, 11) is 0. The van der Waals surface area contributed by atoms with Gasteiger partial charge in [-0.15, -0.1) is 0 Å². The fourth-order valence-corrected chi connectivity index (χ4v) is 1.69. The Labute approximate surface area is 88.7 Å². The third kappa shape index (κ3) is 2.14. The van der Waals surface area contributed by atoms with Gasteiger partial charge in [0.2, 0.25) is 0 Å². The monoisotopic (exact) mass is 298 g/mol. The van der Waals surface area contributed by atoms with E-state index in [1.54, 1.807) is 6.92 Å². The Morgan fingerprint density at radius 3 is 2.69 bits per heavy atom. The van der Waals surface area contributed by atoms with E-state index in [9.17, 15) is 8.78 Å². The molecule has 5 heteroatoms. The maximum Gasteiger partial charge on any atom is 0.266 e. The molecule has 0 aromatic carbocycles. The van der Waals surface area contributed by atoms with Crippen molar-refractivity contribution in [3.05, 3.63) is 26.6 Å². The van der Waals surface area contributed by atoms with Crippen molar-refractivity contribution in [2.24, 2.45) is 5.73 Å². The van der Waals surface area contributed by atoms with Crippen molar-refractivity contribution in [3.63, 3.8) is 0 Å². The first-order valence-electron chi connectivity index (χ1n) is 3.70. The van der Waals surface area contributed by atoms with Gasteiger partial charge < -0.3 is 5.73 Å². The minimum atomic E-state index is -2.47. The summed E-state index contributed by atoms with van der Waals surface area (Å²) in [6.07, 6.45) is -1.27. The van der Waals surface area contributed by atoms with Crippen molar-refractivity contribution in [2.75, 3.05) is 0 Å². The van der Waals surface area contributed by atoms with E-state index >= 15 is 0 Å². The van der Waals surface area contributed by atoms with Gasteiger partial charge in [0.25, 0.3) is 6.43 Å². The Morgan fingerprint density at radius 2 is 2.23 bits per heavy atom. The van der Waals surface area contributed by atoms with Gasteiger partial charge in [0.1, 0.15) is 0 Å². The molecule has 0 spiro atoms. The van der Waals surface area contributed by atoms with Crippen molar-refractivity contribution in [2.45, 2.75) is 19.9 Å². The first-order valence-corrected chi connectivity index (χ1v) is 4.78. The number of aromatic nitrogens is 1. The molecule has 72 valence electrons. The largest absolute Gasteiger partial charge is 0.325 e. The molecule has 0 amide bonds. The summed E-state index contributed by atoms with van der Waals surface area (Å²) in [6.45, 7) is 2.04. The zero-order valence-corrected chi connectivity index (χ0v) is 9.18. The van der Waals surface area contributed by atoms with Gasteiger partial charge in [0.15, 0.2) is 0 Å². The summed E-state index contributed by atoms with van der Waals surface area (Å²) in [5, 5.41) is 0. The lowest BCUT2D eigenvalue weighted by Gasteiger charge is -2.08. The molecule has 0 saturated heterocycles. The minimum Gasteiger partial charge on any atom is -0.325 e. The quantitative estimate of drug-likeness (QED) is 0.852. The molecule has 0 atom stereocenters. The van der Waals surface area contributed by atoms with Crippen LogP contribution in [0.4, 0.5) is 8.78 Å². The van der Waals surface area contributed by atoms with Crippen LogP contribution < -0.4 is 5.73 Å². The normalized spacial score (nSPS) is 10.9. The van der Waals surface area contributed by atoms with Gasteiger partial charge in [0, 0.05) is 21.9 Å². The number of rotatable bonds is 2. The van der Waals surface area contributed by atoms with E-state index in [1.807, 2.05) is 22.6 Å². The lowest BCUT2D eigenvalue weighted by atomic mass is 10.1. The van der Waals surface area contributed by atoms with Crippen LogP contribution in [0.1, 0.15) is 23.2 Å². The molecule has 0 unspecified atom stereocenters. The summed E-state index contributed by atoms with van der Waals surface area (Å²) in [4.78, 5) is 3.87. The molecular formula is C8H9F2IN2. The van der Waals surface area contributed by atoms with Gasteiger partial charge in [0.05, 0.1) is 5.69 Å². The Hall–Kier alpha value is -0.300. The van der Waals surface area contributed by atoms with Crippen LogP contribution in [0.15, 0.2) is 6.20 Å². The maximum absolute atomic E-state index is 12.4. The highest BCUT2D eigenvalue weighted by atomic mass is 127. The van der Waals surface area contributed by atoms with Crippen LogP contribution in [0.3, 0.4) is 0 Å². The van der Waals surface area contributed by atoms with E-state index in [0.29, 0.717) is 9.26 Å². The molecule has 0 radical (unpaired) electrons. The highest BCUT2D eigenvalue weighted by Gasteiger charge is 2.15. The number of halogens is 3. The average Bonchev–Trinajstić information content (AvgIpc) is 2.09. The van der Waals surface area contributed by atoms with Crippen LogP contribution in [-0.4, -0.2) is 4.98 Å². The van der Waals surface area contributed by atoms with Crippen LogP contribution in [0.5, 0.6) is 0 Å². The van der Waals surface area contributed by atoms with Crippen LogP contribution in [0.2, 0.25) is 0 Å². The highest BCUT2D eigenvalue weighted by Crippen LogP contribution is 2.26. The third-order valence-corrected chi connectivity index (χ3v) is 3.24. The van der Waals surface area contributed by atoms with Crippen molar-refractivity contribution in [1.82, 2.24) is 4.98 Å². The number of alkyl halides is 2. The third-order valence-electron chi connectivity index (χ3n) is 1.80. The van der Waals surface area contributed by atoms with E-state index in [0.717, 1.165) is 5.56 Å². The first-order chi connectivity index (χ1) is 6.07. The molecule has 1 rings (SSSR count). The Kier molecular flexibility index (Phi) is 3.55. The zero-order valence-electron chi connectivity index (χ0n) is 7.02. The Morgan fingerprint density at radius 1 is 1.62 bits per heavy atom. The Balaban J connectivity index is 3.23. The molecule has 0 fully saturated rings. The molecule has 0 aliphatic heterocycles. The smallest absolute Gasteiger partial charge is 0.266 e. The molecule has 0 bridgehead atoms. The minimum absolute atomic E-state index is 0.0182. The Bertz CT molecular complexity index is 315. The summed E-state index contributed by atoms with van der Waals surface area (Å²) < 4.78 is 25.3. The lowest BCUT2D eigenvalue weighted by Crippen LogP contribution is -2.06. The molecule has 1 aromatic heterocycles. The van der Waals surface area contributed by atoms with Crippen LogP contribution >= 0.6 is 22.6 Å². The maximum atomic E-state index is 12.4. The number of hydrogen-bond acceptors (Lipinski definition) is 2. The summed E-state index contributed by atoms with van der Waals surface area (Å²) in [5.74, 6) is 0. The first kappa shape index (κ1) is 10.8. The molecule has 1 heterocycles. The summed E-state index contributed by atoms with van der Waals surface area (Å²) in [5.41, 5.74) is 6.80. The van der Waals surface area contributed by atoms with Crippen molar-refractivity contribution in [1.29, 1.82) is 0 Å². The zero-order chi connectivity index (χ0) is 10.0. The van der Waals surface area contributed by atoms with E-state index in [-0.39, 0.29) is 12.1 Å². The van der Waals surface area contributed by atoms with Crippen LogP contribution in [-0.2, 0) is 6.54 Å². The fourth-order valence-electron chi connectivity index (χ4n) is 1.00. The molecule has 1 aromatic rings. The molecular weight excluding hydrogens is 289 g/mol. The van der Waals surface area contributed by atoms with E-state index in [1.165, 1.54) is 6.20 Å². The number of nitrogens with two attached hydrogens (primary N) is 1. The topological polar surface area (TPSA) is 38.9 Å². The molecule has 0 aliphatic rings. The van der Waals surface area contributed by atoms with Gasteiger partial charge in [-0.05, 0) is 35.1 Å². The van der Waals surface area contributed by atoms with Gasteiger partial charge in [-0.3, -0.25) is 4.98 Å². The second-order valence-corrected chi connectivity index (χ2v) is 3.68. The molecule has 0 saturated carbocycles. The fraction of sp³-hybridized carbons (Fsp3) is 0.375. The predicted molar refractivity (Wildman–Crippen MR) is 54.5 cm³/mol. The van der Waals surface area contributed by atoms with Crippen LogP contribution in [0, 0.1) is 10.5 Å². The number of nitrogens with zero attached hydrogens (tertiary/aromatic N) is 1. The average molecular weight is 298 g/mol. The number of pyridine rings is 1. The molecule has 13 heavy (non-hydrogen) atoms. The SMILES string of the molecule is Cc1c(CN)ncc(C(F)F)c1I. The van der Waals surface area contributed by atoms with Crippen molar-refractivity contribution >= 4 is 22.6 Å². The predicted octanol–water partition coefficient (Wildman–Crippen LogP) is 2.39. The summed E-state index contributed by atoms with van der Waals surface area (Å²) >= 11 is 1.89. The number of hydrogen-bond donors (Lipinski definition) is 1. The standard InChI is InChI=1S/C8H9F2IN2/c1-4-6(2-12)13-3-5(7(4)11)8(9)10/h3,8H,2,12H2,1H3. The van der Waals surface area contributed by atoms with E-state index in [4.69, 9.17) is 5.73 Å². The van der Waals surface area contributed by atoms with Gasteiger partial charge in [-0.1, -0.05) is 0 Å². The molecule has 0 aliphatic carbocycles. The van der Waals surface area contributed by atoms with Crippen molar-refractivity contribution < 1.29 is 8.78 Å². The second kappa shape index (κ2) is 4.28. The van der Waals surface area contributed by atoms with E-state index in [2.05, 4.69) is 4.98 Å². The van der Waals surface area contributed by atoms with Gasteiger partial charge in [-0.25, -0.2) is 8.78 Å². The van der Waals surface area contributed by atoms with Crippen molar-refractivity contribution in [3.8, 4) is 0 Å². The highest BCUT2D eigenvalue weighted by molar-refractivity contribution is 14.1. The molecule has 2 N–H and O–H groups in total. The lowest BCUT2D eigenvalue weighted by molar-refractivity contribution is 0.150. The molecule has 2 nitrogen and oxygen atoms in total. The van der Waals surface area contributed by atoms with Gasteiger partial charge in [-0.2, -0.15) is 0 Å². The van der Waals surface area contributed by atoms with Gasteiger partial charge >= 0.3 is 0 Å². The van der Waals surface area contributed by atoms with Crippen LogP contribution in [0.25, 0.3) is 0 Å². The van der Waals surface area contributed by atoms with E-state index < -0.39 is 6.43 Å². The summed E-state index contributed by atoms with van der Waals surface area (Å²) in [6, 6.07) is 0. The second-order valence-electron chi connectivity index (χ2n) is 2.60.